The van der Waals surface area contributed by atoms with Crippen molar-refractivity contribution in [3.8, 4) is 0 Å². The molecule has 9 heteroatoms. The fraction of sp³-hybridized carbons (Fsp3) is 0.571. The fourth-order valence-electron chi connectivity index (χ4n) is 2.40. The molecule has 0 saturated carbocycles. The summed E-state index contributed by atoms with van der Waals surface area (Å²) in [4.78, 5) is 6.34. The van der Waals surface area contributed by atoms with Gasteiger partial charge in [0, 0.05) is 20.6 Å². The molecule has 0 amide bonds. The van der Waals surface area contributed by atoms with Crippen molar-refractivity contribution in [1.82, 2.24) is 0 Å². The van der Waals surface area contributed by atoms with Crippen molar-refractivity contribution in [2.24, 2.45) is 16.1 Å². The second-order valence-corrected chi connectivity index (χ2v) is 6.56. The van der Waals surface area contributed by atoms with E-state index in [0.717, 1.165) is 10.5 Å². The van der Waals surface area contributed by atoms with E-state index in [1.165, 1.54) is 11.8 Å². The van der Waals surface area contributed by atoms with Crippen LogP contribution in [0.25, 0.3) is 20.9 Å². The molecule has 1 aromatic carbocycles. The molecular weight excluding hydrogens is 319 g/mol. The molecule has 0 aliphatic carbocycles. The Morgan fingerprint density at radius 2 is 1.96 bits per heavy atom. The maximum absolute atomic E-state index is 14.6. The standard InChI is InChI=1S/C14H17FN6OS/c1-8-3-5-10(6-4-8)23-14-13(19-21-17)12(15)9(2)11(22-14)7-18-20-16/h3-6,9,11-14H,7H2,1-2H3/t9?,11-,12+,13-,14?/m1/s1. The van der Waals surface area contributed by atoms with E-state index < -0.39 is 29.7 Å². The number of alkyl halides is 1. The Labute approximate surface area is 137 Å². The Balaban J connectivity index is 2.22. The van der Waals surface area contributed by atoms with E-state index in [9.17, 15) is 4.39 Å². The van der Waals surface area contributed by atoms with E-state index in [2.05, 4.69) is 20.1 Å². The van der Waals surface area contributed by atoms with Gasteiger partial charge < -0.3 is 4.74 Å². The largest absolute Gasteiger partial charge is 0.363 e. The average Bonchev–Trinajstić information content (AvgIpc) is 2.55. The lowest BCUT2D eigenvalue weighted by atomic mass is 9.91. The van der Waals surface area contributed by atoms with Gasteiger partial charge in [-0.15, -0.1) is 0 Å². The second-order valence-electron chi connectivity index (χ2n) is 5.39. The summed E-state index contributed by atoms with van der Waals surface area (Å²) in [7, 11) is 0. The van der Waals surface area contributed by atoms with Crippen molar-refractivity contribution in [3.63, 3.8) is 0 Å². The molecule has 1 fully saturated rings. The van der Waals surface area contributed by atoms with Crippen LogP contribution in [-0.2, 0) is 4.74 Å². The van der Waals surface area contributed by atoms with Crippen molar-refractivity contribution >= 4 is 11.8 Å². The molecule has 23 heavy (non-hydrogen) atoms. The zero-order valence-corrected chi connectivity index (χ0v) is 13.6. The quantitative estimate of drug-likeness (QED) is 0.438. The van der Waals surface area contributed by atoms with E-state index in [4.69, 9.17) is 15.8 Å². The maximum atomic E-state index is 14.6. The van der Waals surface area contributed by atoms with Crippen LogP contribution < -0.4 is 0 Å². The zero-order chi connectivity index (χ0) is 16.8. The first-order chi connectivity index (χ1) is 11.1. The summed E-state index contributed by atoms with van der Waals surface area (Å²) in [5.41, 5.74) is 17.6. The van der Waals surface area contributed by atoms with Gasteiger partial charge in [-0.05, 0) is 30.1 Å². The van der Waals surface area contributed by atoms with Gasteiger partial charge in [0.15, 0.2) is 0 Å². The van der Waals surface area contributed by atoms with E-state index >= 15 is 0 Å². The normalized spacial score (nSPS) is 30.1. The minimum atomic E-state index is -1.36. The number of rotatable bonds is 5. The Morgan fingerprint density at radius 3 is 2.57 bits per heavy atom. The summed E-state index contributed by atoms with van der Waals surface area (Å²) < 4.78 is 20.5. The number of halogens is 1. The van der Waals surface area contributed by atoms with Crippen LogP contribution in [0.1, 0.15) is 12.5 Å². The lowest BCUT2D eigenvalue weighted by Gasteiger charge is -2.40. The van der Waals surface area contributed by atoms with Gasteiger partial charge in [0.25, 0.3) is 0 Å². The first kappa shape index (κ1) is 17.4. The van der Waals surface area contributed by atoms with Gasteiger partial charge >= 0.3 is 0 Å². The van der Waals surface area contributed by atoms with Crippen LogP contribution in [0.5, 0.6) is 0 Å². The van der Waals surface area contributed by atoms with Crippen molar-refractivity contribution in [2.45, 2.75) is 42.5 Å². The molecule has 0 spiro atoms. The van der Waals surface area contributed by atoms with Crippen LogP contribution in [-0.4, -0.2) is 30.3 Å². The van der Waals surface area contributed by atoms with Crippen molar-refractivity contribution < 1.29 is 9.13 Å². The van der Waals surface area contributed by atoms with E-state index in [0.29, 0.717) is 0 Å². The highest BCUT2D eigenvalue weighted by Crippen LogP contribution is 2.38. The molecule has 1 aromatic rings. The highest BCUT2D eigenvalue weighted by atomic mass is 32.2. The lowest BCUT2D eigenvalue weighted by Crippen LogP contribution is -2.50. The summed E-state index contributed by atoms with van der Waals surface area (Å²) in [6.45, 7) is 3.68. The Hall–Kier alpha value is -1.92. The molecule has 5 atom stereocenters. The molecule has 0 N–H and O–H groups in total. The summed E-state index contributed by atoms with van der Waals surface area (Å²) in [5.74, 6) is -0.522. The van der Waals surface area contributed by atoms with Crippen LogP contribution >= 0.6 is 11.8 Å². The number of azide groups is 2. The fourth-order valence-corrected chi connectivity index (χ4v) is 3.50. The Kier molecular flexibility index (Phi) is 6.12. The Bertz CT molecular complexity index is 627. The highest BCUT2D eigenvalue weighted by Gasteiger charge is 2.43. The number of nitrogens with zero attached hydrogens (tertiary/aromatic N) is 6. The van der Waals surface area contributed by atoms with E-state index in [-0.39, 0.29) is 6.54 Å². The minimum absolute atomic E-state index is 0.0477. The molecule has 0 bridgehead atoms. The topological polar surface area (TPSA) is 107 Å². The summed E-state index contributed by atoms with van der Waals surface area (Å²) in [6, 6.07) is 6.78. The first-order valence-corrected chi connectivity index (χ1v) is 8.02. The summed E-state index contributed by atoms with van der Waals surface area (Å²) in [5, 5.41) is 7.06. The highest BCUT2D eigenvalue weighted by molar-refractivity contribution is 7.99. The zero-order valence-electron chi connectivity index (χ0n) is 12.8. The van der Waals surface area contributed by atoms with Gasteiger partial charge in [0.1, 0.15) is 17.6 Å². The SMILES string of the molecule is Cc1ccc(SC2O[C@H](CN=[N+]=[N-])C(C)[C@H](F)[C@H]2N=[N+]=[N-])cc1. The molecule has 1 heterocycles. The van der Waals surface area contributed by atoms with Crippen molar-refractivity contribution in [2.75, 3.05) is 6.54 Å². The van der Waals surface area contributed by atoms with Crippen LogP contribution in [0.15, 0.2) is 39.4 Å². The smallest absolute Gasteiger partial charge is 0.119 e. The van der Waals surface area contributed by atoms with Gasteiger partial charge in [-0.1, -0.05) is 46.6 Å². The number of hydrogen-bond donors (Lipinski definition) is 0. The molecule has 0 radical (unpaired) electrons. The maximum Gasteiger partial charge on any atom is 0.119 e. The number of ether oxygens (including phenoxy) is 1. The lowest BCUT2D eigenvalue weighted by molar-refractivity contribution is -0.0813. The number of aryl methyl sites for hydroxylation is 1. The van der Waals surface area contributed by atoms with Gasteiger partial charge in [-0.25, -0.2) is 4.39 Å². The number of hydrogen-bond acceptors (Lipinski definition) is 4. The average molecular weight is 336 g/mol. The first-order valence-electron chi connectivity index (χ1n) is 7.14. The molecule has 122 valence electrons. The van der Waals surface area contributed by atoms with Crippen LogP contribution in [0.4, 0.5) is 4.39 Å². The Morgan fingerprint density at radius 1 is 1.26 bits per heavy atom. The summed E-state index contributed by atoms with van der Waals surface area (Å²) in [6.07, 6.45) is -1.91. The molecule has 1 aliphatic rings. The molecule has 0 aromatic heterocycles. The molecule has 2 rings (SSSR count). The summed E-state index contributed by atoms with van der Waals surface area (Å²) >= 11 is 1.30. The van der Waals surface area contributed by atoms with Crippen LogP contribution in [0.3, 0.4) is 0 Å². The number of benzene rings is 1. The minimum Gasteiger partial charge on any atom is -0.363 e. The van der Waals surface area contributed by atoms with Gasteiger partial charge in [-0.2, -0.15) is 0 Å². The third kappa shape index (κ3) is 4.30. The number of thioether (sulfide) groups is 1. The van der Waals surface area contributed by atoms with Gasteiger partial charge in [-0.3, -0.25) is 0 Å². The molecule has 1 saturated heterocycles. The molecule has 1 aliphatic heterocycles. The third-order valence-corrected chi connectivity index (χ3v) is 4.95. The van der Waals surface area contributed by atoms with Crippen LogP contribution in [0.2, 0.25) is 0 Å². The van der Waals surface area contributed by atoms with E-state index in [1.54, 1.807) is 6.92 Å². The molecule has 2 unspecified atom stereocenters. The molecular formula is C14H17FN6OS. The van der Waals surface area contributed by atoms with Gasteiger partial charge in [0.05, 0.1) is 12.6 Å². The second kappa shape index (κ2) is 8.08. The van der Waals surface area contributed by atoms with Crippen LogP contribution in [0, 0.1) is 12.8 Å². The molecule has 7 nitrogen and oxygen atoms in total. The third-order valence-electron chi connectivity index (χ3n) is 3.79. The monoisotopic (exact) mass is 336 g/mol. The van der Waals surface area contributed by atoms with E-state index in [1.807, 2.05) is 31.2 Å². The predicted octanol–water partition coefficient (Wildman–Crippen LogP) is 4.78. The van der Waals surface area contributed by atoms with Crippen molar-refractivity contribution in [3.05, 3.63) is 50.7 Å². The van der Waals surface area contributed by atoms with Gasteiger partial charge in [0.2, 0.25) is 0 Å². The van der Waals surface area contributed by atoms with Crippen molar-refractivity contribution in [1.29, 1.82) is 0 Å². The predicted molar refractivity (Wildman–Crippen MR) is 86.7 cm³/mol.